The second-order valence-corrected chi connectivity index (χ2v) is 17.1. The molecule has 0 heterocycles. The van der Waals surface area contributed by atoms with Gasteiger partial charge in [0.2, 0.25) is 0 Å². The van der Waals surface area contributed by atoms with Crippen LogP contribution in [0.2, 0.25) is 0 Å². The second-order valence-electron chi connectivity index (χ2n) is 17.1. The van der Waals surface area contributed by atoms with Crippen LogP contribution in [0.4, 0.5) is 22.7 Å². The molecule has 0 amide bonds. The Bertz CT molecular complexity index is 1360. The lowest BCUT2D eigenvalue weighted by atomic mass is 9.95. The zero-order valence-corrected chi connectivity index (χ0v) is 33.1. The molecule has 4 fully saturated rings. The van der Waals surface area contributed by atoms with E-state index < -0.39 is 0 Å². The molecule has 4 nitrogen and oxygen atoms in total. The van der Waals surface area contributed by atoms with E-state index in [4.69, 9.17) is 0 Å². The molecule has 4 saturated carbocycles. The largest absolute Gasteiger partial charge is 0.382 e. The Morgan fingerprint density at radius 3 is 0.630 bits per heavy atom. The minimum absolute atomic E-state index is 0.675. The molecule has 4 aliphatic carbocycles. The maximum absolute atomic E-state index is 3.71. The van der Waals surface area contributed by atoms with Gasteiger partial charge in [0.1, 0.15) is 0 Å². The van der Waals surface area contributed by atoms with Crippen molar-refractivity contribution in [2.24, 2.45) is 0 Å². The van der Waals surface area contributed by atoms with Gasteiger partial charge in [0.15, 0.2) is 0 Å². The first kappa shape index (κ1) is 38.4. The molecule has 0 unspecified atom stereocenters. The summed E-state index contributed by atoms with van der Waals surface area (Å²) in [5.74, 6) is 0. The molecule has 0 saturated heterocycles. The first-order valence-corrected chi connectivity index (χ1v) is 22.1. The molecular weight excluding hydrogens is 657 g/mol. The summed E-state index contributed by atoms with van der Waals surface area (Å²) in [4.78, 5) is 0. The van der Waals surface area contributed by atoms with Gasteiger partial charge in [-0.3, -0.25) is 0 Å². The number of anilines is 4. The van der Waals surface area contributed by atoms with Gasteiger partial charge >= 0.3 is 0 Å². The lowest BCUT2D eigenvalue weighted by molar-refractivity contribution is 0.462. The second kappa shape index (κ2) is 20.7. The summed E-state index contributed by atoms with van der Waals surface area (Å²) in [6.07, 6.45) is 29.2. The Morgan fingerprint density at radius 1 is 0.259 bits per heavy atom. The molecule has 4 heteroatoms. The van der Waals surface area contributed by atoms with Crippen molar-refractivity contribution in [1.82, 2.24) is 0 Å². The van der Waals surface area contributed by atoms with E-state index in [0.717, 1.165) is 12.8 Å². The van der Waals surface area contributed by atoms with Gasteiger partial charge in [-0.15, -0.1) is 0 Å². The van der Waals surface area contributed by atoms with E-state index in [-0.39, 0.29) is 0 Å². The third-order valence-corrected chi connectivity index (χ3v) is 12.5. The van der Waals surface area contributed by atoms with Crippen LogP contribution in [0.1, 0.15) is 151 Å². The Hall–Kier alpha value is -3.92. The minimum atomic E-state index is 0.675. The van der Waals surface area contributed by atoms with Crippen molar-refractivity contribution in [2.45, 2.75) is 165 Å². The van der Waals surface area contributed by atoms with Gasteiger partial charge < -0.3 is 21.3 Å². The summed E-state index contributed by atoms with van der Waals surface area (Å²) in [6, 6.07) is 38.9. The first-order valence-electron chi connectivity index (χ1n) is 22.1. The van der Waals surface area contributed by atoms with E-state index in [1.54, 1.807) is 0 Å². The van der Waals surface area contributed by atoms with Gasteiger partial charge in [-0.05, 0) is 135 Å². The van der Waals surface area contributed by atoms with Gasteiger partial charge in [-0.1, -0.05) is 126 Å². The van der Waals surface area contributed by atoms with E-state index in [1.807, 2.05) is 0 Å². The van der Waals surface area contributed by atoms with Crippen LogP contribution in [0.3, 0.4) is 0 Å². The number of rotatable bonds is 12. The van der Waals surface area contributed by atoms with Gasteiger partial charge in [-0.25, -0.2) is 0 Å². The molecule has 4 aromatic rings. The Labute approximate surface area is 327 Å². The van der Waals surface area contributed by atoms with E-state index >= 15 is 0 Å². The van der Waals surface area contributed by atoms with Gasteiger partial charge in [0.05, 0.1) is 0 Å². The molecule has 8 rings (SSSR count). The quantitative estimate of drug-likeness (QED) is 0.117. The maximum Gasteiger partial charge on any atom is 0.0342 e. The van der Waals surface area contributed by atoms with Crippen LogP contribution in [0.25, 0.3) is 0 Å². The van der Waals surface area contributed by atoms with Crippen LogP contribution in [-0.2, 0) is 12.8 Å². The highest BCUT2D eigenvalue weighted by molar-refractivity contribution is 5.50. The molecule has 54 heavy (non-hydrogen) atoms. The molecule has 4 N–H and O–H groups in total. The summed E-state index contributed by atoms with van der Waals surface area (Å²) >= 11 is 0. The molecular formula is C50H68N4. The van der Waals surface area contributed by atoms with Crippen LogP contribution in [-0.4, -0.2) is 24.2 Å². The fourth-order valence-corrected chi connectivity index (χ4v) is 9.28. The summed E-state index contributed by atoms with van der Waals surface area (Å²) < 4.78 is 0. The molecule has 0 atom stereocenters. The normalized spacial score (nSPS) is 19.0. The van der Waals surface area contributed by atoms with Crippen molar-refractivity contribution >= 4 is 22.7 Å². The van der Waals surface area contributed by atoms with Crippen LogP contribution >= 0.6 is 0 Å². The summed E-state index contributed by atoms with van der Waals surface area (Å²) in [6.45, 7) is 0. The average Bonchev–Trinajstić information content (AvgIpc) is 3.23. The molecule has 0 aliphatic heterocycles. The summed E-state index contributed by atoms with van der Waals surface area (Å²) in [5, 5.41) is 14.8. The Balaban J connectivity index is 0.000000167. The van der Waals surface area contributed by atoms with Crippen LogP contribution in [0.15, 0.2) is 97.1 Å². The smallest absolute Gasteiger partial charge is 0.0342 e. The van der Waals surface area contributed by atoms with Crippen LogP contribution < -0.4 is 21.3 Å². The highest BCUT2D eigenvalue weighted by Gasteiger charge is 2.16. The highest BCUT2D eigenvalue weighted by Crippen LogP contribution is 2.26. The topological polar surface area (TPSA) is 48.1 Å². The summed E-state index contributed by atoms with van der Waals surface area (Å²) in [7, 11) is 0. The fraction of sp³-hybridized carbons (Fsp3) is 0.520. The first-order chi connectivity index (χ1) is 26.7. The molecule has 0 bridgehead atoms. The van der Waals surface area contributed by atoms with Crippen LogP contribution in [0, 0.1) is 0 Å². The number of nitrogens with one attached hydrogen (secondary N) is 4. The molecule has 0 spiro atoms. The number of hydrogen-bond donors (Lipinski definition) is 4. The van der Waals surface area contributed by atoms with E-state index in [9.17, 15) is 0 Å². The minimum Gasteiger partial charge on any atom is -0.382 e. The van der Waals surface area contributed by atoms with E-state index in [2.05, 4.69) is 118 Å². The zero-order valence-electron chi connectivity index (χ0n) is 33.1. The zero-order chi connectivity index (χ0) is 36.6. The van der Waals surface area contributed by atoms with Gasteiger partial charge in [0, 0.05) is 46.9 Å². The van der Waals surface area contributed by atoms with Gasteiger partial charge in [0.25, 0.3) is 0 Å². The molecule has 4 aromatic carbocycles. The van der Waals surface area contributed by atoms with E-state index in [1.165, 1.54) is 173 Å². The fourth-order valence-electron chi connectivity index (χ4n) is 9.28. The van der Waals surface area contributed by atoms with Crippen molar-refractivity contribution in [3.8, 4) is 0 Å². The average molecular weight is 725 g/mol. The maximum atomic E-state index is 3.71. The van der Waals surface area contributed by atoms with Crippen molar-refractivity contribution < 1.29 is 0 Å². The van der Waals surface area contributed by atoms with E-state index in [0.29, 0.717) is 24.2 Å². The molecule has 288 valence electrons. The monoisotopic (exact) mass is 725 g/mol. The van der Waals surface area contributed by atoms with Crippen molar-refractivity contribution in [3.63, 3.8) is 0 Å². The lowest BCUT2D eigenvalue weighted by Gasteiger charge is -2.24. The predicted octanol–water partition coefficient (Wildman–Crippen LogP) is 13.5. The summed E-state index contributed by atoms with van der Waals surface area (Å²) in [5.41, 5.74) is 10.6. The molecule has 4 aliphatic rings. The van der Waals surface area contributed by atoms with Crippen molar-refractivity contribution in [1.29, 1.82) is 0 Å². The highest BCUT2D eigenvalue weighted by atomic mass is 14.9. The third kappa shape index (κ3) is 12.6. The Kier molecular flexibility index (Phi) is 14.7. The predicted molar refractivity (Wildman–Crippen MR) is 233 cm³/mol. The van der Waals surface area contributed by atoms with Gasteiger partial charge in [-0.2, -0.15) is 0 Å². The van der Waals surface area contributed by atoms with Crippen molar-refractivity contribution in [3.05, 3.63) is 119 Å². The molecule has 0 radical (unpaired) electrons. The SMILES string of the molecule is c1cc(NC2CCCCC2)ccc1Cc1ccc(NC2CCCCC2)cc1.c1cc(NC2CCCCC2)ccc1Cc1ccc(NC2CCCCC2)cc1. The lowest BCUT2D eigenvalue weighted by Crippen LogP contribution is -2.22. The number of hydrogen-bond acceptors (Lipinski definition) is 4. The van der Waals surface area contributed by atoms with Crippen LogP contribution in [0.5, 0.6) is 0 Å². The Morgan fingerprint density at radius 2 is 0.444 bits per heavy atom. The molecule has 0 aromatic heterocycles. The third-order valence-electron chi connectivity index (χ3n) is 12.5. The standard InChI is InChI=1S/2C25H34N2/c2*1-3-7-22(8-4-1)26-24-15-11-20(12-16-24)19-21-13-17-25(18-14-21)27-23-9-5-2-6-10-23/h2*11-18,22-23,26-27H,1-10,19H2. The number of benzene rings is 4. The van der Waals surface area contributed by atoms with Crippen molar-refractivity contribution in [2.75, 3.05) is 21.3 Å².